The Morgan fingerprint density at radius 2 is 0.786 bits per heavy atom. The van der Waals surface area contributed by atoms with E-state index in [9.17, 15) is 0 Å². The zero-order valence-corrected chi connectivity index (χ0v) is 20.7. The number of allylic oxidation sites excluding steroid dienone is 1. The molecule has 0 aliphatic carbocycles. The van der Waals surface area contributed by atoms with Crippen molar-refractivity contribution in [3.63, 3.8) is 0 Å². The van der Waals surface area contributed by atoms with Gasteiger partial charge in [0.05, 0.1) is 0 Å². The summed E-state index contributed by atoms with van der Waals surface area (Å²) in [7, 11) is 2.28. The fourth-order valence-corrected chi connectivity index (χ4v) is 5.22. The van der Waals surface area contributed by atoms with Gasteiger partial charge in [-0.15, -0.1) is 6.58 Å². The van der Waals surface area contributed by atoms with E-state index in [1.165, 1.54) is 134 Å². The lowest BCUT2D eigenvalue weighted by Gasteiger charge is -2.10. The van der Waals surface area contributed by atoms with Crippen molar-refractivity contribution in [1.29, 1.82) is 0 Å². The molecule has 2 nitrogen and oxygen atoms in total. The third-order valence-electron chi connectivity index (χ3n) is 5.87. The van der Waals surface area contributed by atoms with Gasteiger partial charge in [0, 0.05) is 14.2 Å². The van der Waals surface area contributed by atoms with E-state index in [1.54, 1.807) is 14.2 Å². The minimum Gasteiger partial charge on any atom is -0.400 e. The molecule has 0 rings (SSSR count). The van der Waals surface area contributed by atoms with Crippen molar-refractivity contribution >= 4 is 9.28 Å². The molecule has 0 unspecified atom stereocenters. The van der Waals surface area contributed by atoms with E-state index in [0.29, 0.717) is 0 Å². The van der Waals surface area contributed by atoms with Gasteiger partial charge in [0.15, 0.2) is 0 Å². The molecule has 0 heterocycles. The van der Waals surface area contributed by atoms with Gasteiger partial charge in [-0.2, -0.15) is 0 Å². The molecule has 0 saturated heterocycles. The van der Waals surface area contributed by atoms with Gasteiger partial charge < -0.3 is 8.85 Å². The number of unbranched alkanes of at least 4 members (excludes halogenated alkanes) is 19. The molecule has 0 aliphatic heterocycles. The first-order chi connectivity index (χ1) is 13.8. The SMILES string of the molecule is C=CCCCCCCCCCCCCCCCCCCCCC[SiH](OC)OC. The fourth-order valence-electron chi connectivity index (χ4n) is 3.94. The van der Waals surface area contributed by atoms with Crippen molar-refractivity contribution < 1.29 is 8.85 Å². The number of rotatable bonds is 24. The zero-order valence-electron chi connectivity index (χ0n) is 19.5. The van der Waals surface area contributed by atoms with Gasteiger partial charge in [0.1, 0.15) is 0 Å². The van der Waals surface area contributed by atoms with Crippen LogP contribution >= 0.6 is 0 Å². The first kappa shape index (κ1) is 27.9. The predicted molar refractivity (Wildman–Crippen MR) is 129 cm³/mol. The number of hydrogen-bond acceptors (Lipinski definition) is 2. The Labute approximate surface area is 179 Å². The summed E-state index contributed by atoms with van der Waals surface area (Å²) in [4.78, 5) is 0. The summed E-state index contributed by atoms with van der Waals surface area (Å²) in [6.45, 7) is 3.78. The highest BCUT2D eigenvalue weighted by molar-refractivity contribution is 6.44. The van der Waals surface area contributed by atoms with Crippen molar-refractivity contribution in [3.8, 4) is 0 Å². The normalized spacial score (nSPS) is 11.4. The van der Waals surface area contributed by atoms with Crippen LogP contribution < -0.4 is 0 Å². The van der Waals surface area contributed by atoms with Crippen LogP contribution in [0.1, 0.15) is 128 Å². The van der Waals surface area contributed by atoms with E-state index in [-0.39, 0.29) is 0 Å². The molecular formula is C25H52O2Si. The average Bonchev–Trinajstić information content (AvgIpc) is 2.72. The molecule has 0 saturated carbocycles. The van der Waals surface area contributed by atoms with Gasteiger partial charge in [0.2, 0.25) is 0 Å². The quantitative estimate of drug-likeness (QED) is 0.0898. The molecular weight excluding hydrogens is 360 g/mol. The van der Waals surface area contributed by atoms with Crippen molar-refractivity contribution in [1.82, 2.24) is 0 Å². The van der Waals surface area contributed by atoms with Crippen LogP contribution in [-0.4, -0.2) is 23.5 Å². The van der Waals surface area contributed by atoms with Crippen molar-refractivity contribution in [2.45, 2.75) is 134 Å². The highest BCUT2D eigenvalue weighted by Gasteiger charge is 2.07. The van der Waals surface area contributed by atoms with Crippen LogP contribution in [0.15, 0.2) is 12.7 Å². The van der Waals surface area contributed by atoms with Crippen molar-refractivity contribution in [2.75, 3.05) is 14.2 Å². The van der Waals surface area contributed by atoms with Gasteiger partial charge in [-0.1, -0.05) is 122 Å². The van der Waals surface area contributed by atoms with Crippen LogP contribution in [0.2, 0.25) is 6.04 Å². The van der Waals surface area contributed by atoms with Crippen LogP contribution in [0.5, 0.6) is 0 Å². The van der Waals surface area contributed by atoms with Crippen molar-refractivity contribution in [3.05, 3.63) is 12.7 Å². The largest absolute Gasteiger partial charge is 0.400 e. The van der Waals surface area contributed by atoms with E-state index in [0.717, 1.165) is 0 Å². The summed E-state index contributed by atoms with van der Waals surface area (Å²) >= 11 is 0. The Bertz CT molecular complexity index is 292. The smallest absolute Gasteiger partial charge is 0.320 e. The van der Waals surface area contributed by atoms with Gasteiger partial charge >= 0.3 is 9.28 Å². The van der Waals surface area contributed by atoms with Gasteiger partial charge in [0.25, 0.3) is 0 Å². The van der Waals surface area contributed by atoms with Crippen LogP contribution in [-0.2, 0) is 8.85 Å². The van der Waals surface area contributed by atoms with Crippen LogP contribution in [0.25, 0.3) is 0 Å². The lowest BCUT2D eigenvalue weighted by molar-refractivity contribution is 0.276. The maximum Gasteiger partial charge on any atom is 0.320 e. The molecule has 28 heavy (non-hydrogen) atoms. The molecule has 0 aromatic heterocycles. The van der Waals surface area contributed by atoms with Gasteiger partial charge in [-0.05, 0) is 18.9 Å². The van der Waals surface area contributed by atoms with E-state index in [1.807, 2.05) is 6.08 Å². The van der Waals surface area contributed by atoms with E-state index >= 15 is 0 Å². The molecule has 0 atom stereocenters. The Morgan fingerprint density at radius 3 is 1.07 bits per heavy atom. The minimum atomic E-state index is -1.29. The molecule has 0 aromatic carbocycles. The van der Waals surface area contributed by atoms with Gasteiger partial charge in [-0.3, -0.25) is 0 Å². The molecule has 0 bridgehead atoms. The summed E-state index contributed by atoms with van der Waals surface area (Å²) in [6, 6.07) is 1.17. The summed E-state index contributed by atoms with van der Waals surface area (Å²) in [6.07, 6.45) is 30.3. The Morgan fingerprint density at radius 1 is 0.500 bits per heavy atom. The molecule has 0 spiro atoms. The molecule has 0 fully saturated rings. The lowest BCUT2D eigenvalue weighted by atomic mass is 10.0. The maximum atomic E-state index is 5.36. The molecule has 0 N–H and O–H groups in total. The second-order valence-electron chi connectivity index (χ2n) is 8.48. The van der Waals surface area contributed by atoms with Gasteiger partial charge in [-0.25, -0.2) is 0 Å². The molecule has 168 valence electrons. The highest BCUT2D eigenvalue weighted by atomic mass is 28.3. The van der Waals surface area contributed by atoms with E-state index in [2.05, 4.69) is 6.58 Å². The summed E-state index contributed by atoms with van der Waals surface area (Å²) in [5.41, 5.74) is 0. The molecule has 0 radical (unpaired) electrons. The van der Waals surface area contributed by atoms with Crippen LogP contribution in [0.3, 0.4) is 0 Å². The summed E-state index contributed by atoms with van der Waals surface area (Å²) in [5.74, 6) is 0. The fraction of sp³-hybridized carbons (Fsp3) is 0.920. The maximum absolute atomic E-state index is 5.36. The zero-order chi connectivity index (χ0) is 20.5. The van der Waals surface area contributed by atoms with Crippen LogP contribution in [0, 0.1) is 0 Å². The second kappa shape index (κ2) is 24.9. The second-order valence-corrected chi connectivity index (χ2v) is 10.9. The highest BCUT2D eigenvalue weighted by Crippen LogP contribution is 2.15. The van der Waals surface area contributed by atoms with Crippen LogP contribution in [0.4, 0.5) is 0 Å². The average molecular weight is 413 g/mol. The summed E-state index contributed by atoms with van der Waals surface area (Å²) in [5, 5.41) is 0. The standard InChI is InChI=1S/C25H52O2Si/c1-4-5-6-7-8-9-10-11-12-13-14-15-16-17-18-19-20-21-22-23-24-25-28(26-2)27-3/h4,28H,1,5-25H2,2-3H3. The molecule has 3 heteroatoms. The monoisotopic (exact) mass is 412 g/mol. The Kier molecular flexibility index (Phi) is 24.8. The van der Waals surface area contributed by atoms with E-state index in [4.69, 9.17) is 8.85 Å². The first-order valence-corrected chi connectivity index (χ1v) is 14.3. The van der Waals surface area contributed by atoms with E-state index < -0.39 is 9.28 Å². The molecule has 0 aromatic rings. The minimum absolute atomic E-state index is 1.17. The van der Waals surface area contributed by atoms with Crippen molar-refractivity contribution in [2.24, 2.45) is 0 Å². The Hall–Kier alpha value is -0.123. The first-order valence-electron chi connectivity index (χ1n) is 12.5. The third kappa shape index (κ3) is 22.2. The summed E-state index contributed by atoms with van der Waals surface area (Å²) < 4.78 is 10.7. The molecule has 0 aliphatic rings. The third-order valence-corrected chi connectivity index (χ3v) is 7.81. The lowest BCUT2D eigenvalue weighted by Crippen LogP contribution is -2.18. The topological polar surface area (TPSA) is 18.5 Å². The predicted octanol–water partition coefficient (Wildman–Crippen LogP) is 8.49. The molecule has 0 amide bonds. The Balaban J connectivity index is 3.04. The number of hydrogen-bond donors (Lipinski definition) is 0.